The Morgan fingerprint density at radius 3 is 2.77 bits per heavy atom. The SMILES string of the molecule is C=CCn1nc2c(=O)n(-c3ccc(C)c(F)c3)ccn2c1=O. The summed E-state index contributed by atoms with van der Waals surface area (Å²) in [7, 11) is 0. The summed E-state index contributed by atoms with van der Waals surface area (Å²) < 4.78 is 17.2. The van der Waals surface area contributed by atoms with Gasteiger partial charge in [0.1, 0.15) is 5.82 Å². The zero-order valence-electron chi connectivity index (χ0n) is 11.9. The molecule has 0 spiro atoms. The summed E-state index contributed by atoms with van der Waals surface area (Å²) in [4.78, 5) is 24.5. The van der Waals surface area contributed by atoms with Crippen LogP contribution in [0, 0.1) is 12.7 Å². The van der Waals surface area contributed by atoms with E-state index in [0.717, 1.165) is 9.08 Å². The fourth-order valence-electron chi connectivity index (χ4n) is 2.19. The van der Waals surface area contributed by atoms with Gasteiger partial charge in [-0.3, -0.25) is 9.36 Å². The predicted molar refractivity (Wildman–Crippen MR) is 79.9 cm³/mol. The maximum atomic E-state index is 13.7. The van der Waals surface area contributed by atoms with Crippen LogP contribution in [0.1, 0.15) is 5.56 Å². The van der Waals surface area contributed by atoms with Crippen molar-refractivity contribution in [3.8, 4) is 5.69 Å². The number of allylic oxidation sites excluding steroid dienone is 1. The van der Waals surface area contributed by atoms with Gasteiger partial charge in [-0.1, -0.05) is 12.1 Å². The Bertz CT molecular complexity index is 997. The van der Waals surface area contributed by atoms with Crippen LogP contribution in [-0.2, 0) is 6.54 Å². The van der Waals surface area contributed by atoms with Crippen molar-refractivity contribution in [1.29, 1.82) is 0 Å². The van der Waals surface area contributed by atoms with E-state index in [-0.39, 0.29) is 12.2 Å². The lowest BCUT2D eigenvalue weighted by Crippen LogP contribution is -2.24. The number of rotatable bonds is 3. The minimum atomic E-state index is -0.495. The smallest absolute Gasteiger partial charge is 0.279 e. The van der Waals surface area contributed by atoms with E-state index >= 15 is 0 Å². The Labute approximate surface area is 124 Å². The molecule has 0 atom stereocenters. The van der Waals surface area contributed by atoms with Gasteiger partial charge in [0.2, 0.25) is 5.65 Å². The predicted octanol–water partition coefficient (Wildman–Crippen LogP) is 1.28. The first-order valence-corrected chi connectivity index (χ1v) is 6.61. The van der Waals surface area contributed by atoms with Gasteiger partial charge in [-0.2, -0.15) is 0 Å². The molecule has 0 N–H and O–H groups in total. The van der Waals surface area contributed by atoms with Gasteiger partial charge in [0.25, 0.3) is 0 Å². The lowest BCUT2D eigenvalue weighted by molar-refractivity contribution is 0.617. The normalized spacial score (nSPS) is 11.0. The van der Waals surface area contributed by atoms with Gasteiger partial charge in [-0.05, 0) is 24.6 Å². The molecular formula is C15H13FN4O2. The fraction of sp³-hybridized carbons (Fsp3) is 0.133. The summed E-state index contributed by atoms with van der Waals surface area (Å²) in [6.07, 6.45) is 4.37. The second-order valence-corrected chi connectivity index (χ2v) is 4.85. The molecule has 0 bridgehead atoms. The van der Waals surface area contributed by atoms with Crippen molar-refractivity contribution in [3.05, 3.63) is 75.5 Å². The largest absolute Gasteiger partial charge is 0.350 e. The van der Waals surface area contributed by atoms with Crippen molar-refractivity contribution in [2.45, 2.75) is 13.5 Å². The number of benzene rings is 1. The number of fused-ring (bicyclic) bond motifs is 1. The fourth-order valence-corrected chi connectivity index (χ4v) is 2.19. The van der Waals surface area contributed by atoms with E-state index in [9.17, 15) is 14.0 Å². The van der Waals surface area contributed by atoms with Gasteiger partial charge in [-0.15, -0.1) is 11.7 Å². The van der Waals surface area contributed by atoms with Gasteiger partial charge >= 0.3 is 11.2 Å². The number of hydrogen-bond donors (Lipinski definition) is 0. The van der Waals surface area contributed by atoms with Crippen LogP contribution in [0.2, 0.25) is 0 Å². The van der Waals surface area contributed by atoms with Gasteiger partial charge in [0, 0.05) is 12.4 Å². The first kappa shape index (κ1) is 14.0. The highest BCUT2D eigenvalue weighted by Crippen LogP contribution is 2.12. The Balaban J connectivity index is 2.26. The third-order valence-electron chi connectivity index (χ3n) is 3.38. The second kappa shape index (κ2) is 5.10. The molecule has 0 radical (unpaired) electrons. The molecule has 6 nitrogen and oxygen atoms in total. The van der Waals surface area contributed by atoms with E-state index in [1.807, 2.05) is 0 Å². The molecule has 0 fully saturated rings. The van der Waals surface area contributed by atoms with Crippen LogP contribution in [0.3, 0.4) is 0 Å². The van der Waals surface area contributed by atoms with E-state index in [4.69, 9.17) is 0 Å². The van der Waals surface area contributed by atoms with E-state index in [1.165, 1.54) is 29.1 Å². The molecule has 0 saturated heterocycles. The molecule has 2 heterocycles. The average molecular weight is 300 g/mol. The van der Waals surface area contributed by atoms with Gasteiger partial charge in [0.05, 0.1) is 12.2 Å². The molecular weight excluding hydrogens is 287 g/mol. The number of halogens is 1. The Hall–Kier alpha value is -2.96. The van der Waals surface area contributed by atoms with Crippen molar-refractivity contribution in [2.75, 3.05) is 0 Å². The van der Waals surface area contributed by atoms with Crippen molar-refractivity contribution in [1.82, 2.24) is 18.7 Å². The molecule has 0 saturated carbocycles. The Morgan fingerprint density at radius 1 is 1.32 bits per heavy atom. The standard InChI is InChI=1S/C15H13FN4O2/c1-3-6-20-15(22)19-8-7-18(14(21)13(19)17-20)11-5-4-10(2)12(16)9-11/h3-5,7-9H,1,6H2,2H3. The van der Waals surface area contributed by atoms with Crippen LogP contribution in [0.5, 0.6) is 0 Å². The molecule has 0 aliphatic carbocycles. The Kier molecular flexibility index (Phi) is 3.25. The highest BCUT2D eigenvalue weighted by molar-refractivity contribution is 5.41. The van der Waals surface area contributed by atoms with E-state index in [1.54, 1.807) is 19.1 Å². The molecule has 112 valence electrons. The van der Waals surface area contributed by atoms with Crippen LogP contribution in [0.25, 0.3) is 11.3 Å². The minimum Gasteiger partial charge on any atom is -0.279 e. The van der Waals surface area contributed by atoms with Crippen LogP contribution in [0.4, 0.5) is 4.39 Å². The lowest BCUT2D eigenvalue weighted by atomic mass is 10.2. The first-order chi connectivity index (χ1) is 10.5. The average Bonchev–Trinajstić information content (AvgIpc) is 2.81. The molecule has 0 unspecified atom stereocenters. The molecule has 0 aliphatic rings. The van der Waals surface area contributed by atoms with Crippen LogP contribution >= 0.6 is 0 Å². The number of aromatic nitrogens is 4. The van der Waals surface area contributed by atoms with Gasteiger partial charge in [-0.25, -0.2) is 18.3 Å². The molecule has 7 heteroatoms. The lowest BCUT2D eigenvalue weighted by Gasteiger charge is -2.06. The van der Waals surface area contributed by atoms with Crippen molar-refractivity contribution < 1.29 is 4.39 Å². The summed E-state index contributed by atoms with van der Waals surface area (Å²) in [5.74, 6) is -0.404. The van der Waals surface area contributed by atoms with Gasteiger partial charge in [0.15, 0.2) is 0 Å². The third kappa shape index (κ3) is 2.07. The molecule has 3 aromatic rings. The van der Waals surface area contributed by atoms with Gasteiger partial charge < -0.3 is 0 Å². The number of nitrogens with zero attached hydrogens (tertiary/aromatic N) is 4. The highest BCUT2D eigenvalue weighted by Gasteiger charge is 2.12. The number of aryl methyl sites for hydroxylation is 1. The van der Waals surface area contributed by atoms with Crippen molar-refractivity contribution in [3.63, 3.8) is 0 Å². The zero-order valence-corrected chi connectivity index (χ0v) is 11.9. The van der Waals surface area contributed by atoms with Crippen LogP contribution in [0.15, 0.2) is 52.8 Å². The second-order valence-electron chi connectivity index (χ2n) is 4.85. The highest BCUT2D eigenvalue weighted by atomic mass is 19.1. The molecule has 2 aromatic heterocycles. The maximum absolute atomic E-state index is 13.7. The summed E-state index contributed by atoms with van der Waals surface area (Å²) in [5, 5.41) is 4.00. The van der Waals surface area contributed by atoms with Crippen LogP contribution < -0.4 is 11.2 Å². The first-order valence-electron chi connectivity index (χ1n) is 6.61. The summed E-state index contributed by atoms with van der Waals surface area (Å²) >= 11 is 0. The number of hydrogen-bond acceptors (Lipinski definition) is 3. The van der Waals surface area contributed by atoms with Crippen LogP contribution in [-0.4, -0.2) is 18.7 Å². The molecule has 1 aromatic carbocycles. The van der Waals surface area contributed by atoms with E-state index in [2.05, 4.69) is 11.7 Å². The van der Waals surface area contributed by atoms with E-state index in [0.29, 0.717) is 11.3 Å². The Morgan fingerprint density at radius 2 is 2.09 bits per heavy atom. The summed E-state index contributed by atoms with van der Waals surface area (Å²) in [6.45, 7) is 5.39. The summed E-state index contributed by atoms with van der Waals surface area (Å²) in [5.41, 5.74) is -0.0686. The maximum Gasteiger partial charge on any atom is 0.350 e. The molecule has 0 aliphatic heterocycles. The topological polar surface area (TPSA) is 61.3 Å². The molecule has 0 amide bonds. The molecule has 22 heavy (non-hydrogen) atoms. The quantitative estimate of drug-likeness (QED) is 0.685. The third-order valence-corrected chi connectivity index (χ3v) is 3.38. The summed E-state index contributed by atoms with van der Waals surface area (Å²) in [6, 6.07) is 4.49. The van der Waals surface area contributed by atoms with Crippen molar-refractivity contribution >= 4 is 5.65 Å². The zero-order chi connectivity index (χ0) is 15.9. The molecule has 3 rings (SSSR count). The van der Waals surface area contributed by atoms with Crippen molar-refractivity contribution in [2.24, 2.45) is 0 Å². The minimum absolute atomic E-state index is 0.0182. The van der Waals surface area contributed by atoms with E-state index < -0.39 is 17.1 Å². The monoisotopic (exact) mass is 300 g/mol.